The summed E-state index contributed by atoms with van der Waals surface area (Å²) >= 11 is 6.77. The minimum absolute atomic E-state index is 0.152. The zero-order chi connectivity index (χ0) is 16.4. The van der Waals surface area contributed by atoms with Crippen molar-refractivity contribution < 1.29 is 9.53 Å². The van der Waals surface area contributed by atoms with E-state index in [1.807, 2.05) is 0 Å². The van der Waals surface area contributed by atoms with Crippen LogP contribution in [0.15, 0.2) is 33.9 Å². The van der Waals surface area contributed by atoms with Gasteiger partial charge in [-0.15, -0.1) is 5.10 Å². The van der Waals surface area contributed by atoms with Crippen LogP contribution in [0.2, 0.25) is 4.34 Å². The molecule has 0 aliphatic heterocycles. The Morgan fingerprint density at radius 2 is 2.04 bits per heavy atom. The van der Waals surface area contributed by atoms with Crippen LogP contribution >= 0.6 is 23.1 Å². The Hall–Kier alpha value is -2.52. The first-order valence-corrected chi connectivity index (χ1v) is 7.55. The fraction of sp³-hybridized carbons (Fsp3) is 0.154. The molecule has 0 bridgehead atoms. The molecule has 0 aliphatic rings. The van der Waals surface area contributed by atoms with Crippen LogP contribution in [-0.4, -0.2) is 25.3 Å². The van der Waals surface area contributed by atoms with Crippen LogP contribution in [0, 0.1) is 0 Å². The third kappa shape index (κ3) is 3.15. The number of rotatable bonds is 4. The van der Waals surface area contributed by atoms with Gasteiger partial charge in [-0.2, -0.15) is 0 Å². The monoisotopic (exact) mass is 352 g/mol. The summed E-state index contributed by atoms with van der Waals surface area (Å²) in [5, 5.41) is 6.55. The number of ether oxygens (including phenoxy) is 1. The minimum atomic E-state index is -0.706. The van der Waals surface area contributed by atoms with Gasteiger partial charge in [0.05, 0.1) is 10.8 Å². The molecule has 8 nitrogen and oxygen atoms in total. The SMILES string of the molecule is O=C(Cn1[nH]c(=O)c2ccccc2c1=O)OCc1nnsc1Cl. The third-order valence-corrected chi connectivity index (χ3v) is 4.03. The highest BCUT2D eigenvalue weighted by molar-refractivity contribution is 7.10. The summed E-state index contributed by atoms with van der Waals surface area (Å²) in [5.74, 6) is -0.706. The van der Waals surface area contributed by atoms with Gasteiger partial charge in [-0.3, -0.25) is 19.5 Å². The summed E-state index contributed by atoms with van der Waals surface area (Å²) in [7, 11) is 0. The molecule has 10 heteroatoms. The highest BCUT2D eigenvalue weighted by Gasteiger charge is 2.13. The molecule has 0 amide bonds. The molecule has 1 N–H and O–H groups in total. The summed E-state index contributed by atoms with van der Waals surface area (Å²) in [6.07, 6.45) is 0. The van der Waals surface area contributed by atoms with E-state index in [9.17, 15) is 14.4 Å². The van der Waals surface area contributed by atoms with E-state index in [0.29, 0.717) is 10.0 Å². The zero-order valence-corrected chi connectivity index (χ0v) is 13.1. The number of hydrogen-bond donors (Lipinski definition) is 1. The van der Waals surface area contributed by atoms with E-state index >= 15 is 0 Å². The van der Waals surface area contributed by atoms with Crippen LogP contribution in [0.25, 0.3) is 10.8 Å². The van der Waals surface area contributed by atoms with Gasteiger partial charge in [0.2, 0.25) is 0 Å². The summed E-state index contributed by atoms with van der Waals surface area (Å²) in [6.45, 7) is -0.575. The topological polar surface area (TPSA) is 107 Å². The first-order valence-electron chi connectivity index (χ1n) is 6.40. The molecule has 0 unspecified atom stereocenters. The number of carbonyl (C=O) groups is 1. The van der Waals surface area contributed by atoms with Crippen molar-refractivity contribution in [1.82, 2.24) is 19.4 Å². The number of fused-ring (bicyclic) bond motifs is 1. The number of aromatic nitrogens is 4. The molecule has 0 saturated heterocycles. The van der Waals surface area contributed by atoms with Crippen molar-refractivity contribution in [2.24, 2.45) is 0 Å². The number of nitrogens with zero attached hydrogens (tertiary/aromatic N) is 3. The average Bonchev–Trinajstić information content (AvgIpc) is 2.95. The predicted molar refractivity (Wildman–Crippen MR) is 83.5 cm³/mol. The van der Waals surface area contributed by atoms with Gasteiger partial charge >= 0.3 is 5.97 Å². The van der Waals surface area contributed by atoms with Gasteiger partial charge in [-0.25, -0.2) is 4.68 Å². The van der Waals surface area contributed by atoms with Crippen LogP contribution < -0.4 is 11.1 Å². The molecule has 0 saturated carbocycles. The third-order valence-electron chi connectivity index (χ3n) is 3.05. The second kappa shape index (κ2) is 6.31. The number of carbonyl (C=O) groups excluding carboxylic acids is 1. The lowest BCUT2D eigenvalue weighted by molar-refractivity contribution is -0.146. The predicted octanol–water partition coefficient (Wildman–Crippen LogP) is 0.938. The van der Waals surface area contributed by atoms with Crippen molar-refractivity contribution in [2.45, 2.75) is 13.2 Å². The van der Waals surface area contributed by atoms with Crippen LogP contribution in [0.5, 0.6) is 0 Å². The van der Waals surface area contributed by atoms with Crippen molar-refractivity contribution in [2.75, 3.05) is 0 Å². The van der Waals surface area contributed by atoms with Gasteiger partial charge in [0, 0.05) is 11.5 Å². The second-order valence-electron chi connectivity index (χ2n) is 4.53. The lowest BCUT2D eigenvalue weighted by atomic mass is 10.2. The van der Waals surface area contributed by atoms with E-state index in [1.54, 1.807) is 12.1 Å². The van der Waals surface area contributed by atoms with Crippen LogP contribution in [0.3, 0.4) is 0 Å². The molecule has 0 spiro atoms. The Labute approximate surface area is 137 Å². The standard InChI is InChI=1S/C13H9ClN4O4S/c14-11-9(15-17-23-11)6-22-10(19)5-18-13(21)8-4-2-1-3-7(8)12(20)16-18/h1-4H,5-6H2,(H,16,20). The number of nitrogens with one attached hydrogen (secondary N) is 1. The van der Waals surface area contributed by atoms with Crippen LogP contribution in [-0.2, 0) is 22.7 Å². The van der Waals surface area contributed by atoms with Crippen LogP contribution in [0.4, 0.5) is 0 Å². The maximum atomic E-state index is 12.2. The van der Waals surface area contributed by atoms with Gasteiger partial charge in [-0.05, 0) is 12.1 Å². The van der Waals surface area contributed by atoms with Gasteiger partial charge in [0.1, 0.15) is 23.2 Å². The van der Waals surface area contributed by atoms with Crippen molar-refractivity contribution in [3.05, 3.63) is 55.0 Å². The van der Waals surface area contributed by atoms with Crippen LogP contribution in [0.1, 0.15) is 5.69 Å². The minimum Gasteiger partial charge on any atom is -0.458 e. The highest BCUT2D eigenvalue weighted by Crippen LogP contribution is 2.17. The van der Waals surface area contributed by atoms with Gasteiger partial charge in [0.25, 0.3) is 11.1 Å². The molecule has 118 valence electrons. The van der Waals surface area contributed by atoms with E-state index in [0.717, 1.165) is 16.2 Å². The smallest absolute Gasteiger partial charge is 0.328 e. The first-order chi connectivity index (χ1) is 11.1. The van der Waals surface area contributed by atoms with E-state index < -0.39 is 23.6 Å². The maximum Gasteiger partial charge on any atom is 0.328 e. The van der Waals surface area contributed by atoms with E-state index in [1.165, 1.54) is 12.1 Å². The number of aromatic amines is 1. The lowest BCUT2D eigenvalue weighted by Crippen LogP contribution is -2.32. The van der Waals surface area contributed by atoms with E-state index in [4.69, 9.17) is 16.3 Å². The summed E-state index contributed by atoms with van der Waals surface area (Å²) in [5.41, 5.74) is -0.602. The molecule has 1 aromatic carbocycles. The summed E-state index contributed by atoms with van der Waals surface area (Å²) in [6, 6.07) is 6.36. The van der Waals surface area contributed by atoms with E-state index in [2.05, 4.69) is 14.7 Å². The molecule has 3 aromatic rings. The average molecular weight is 353 g/mol. The Morgan fingerprint density at radius 1 is 1.30 bits per heavy atom. The zero-order valence-electron chi connectivity index (χ0n) is 11.5. The maximum absolute atomic E-state index is 12.2. The Kier molecular flexibility index (Phi) is 4.22. The summed E-state index contributed by atoms with van der Waals surface area (Å²) < 4.78 is 9.82. The summed E-state index contributed by atoms with van der Waals surface area (Å²) in [4.78, 5) is 36.0. The fourth-order valence-corrected chi connectivity index (χ4v) is 2.57. The normalized spacial score (nSPS) is 10.8. The lowest BCUT2D eigenvalue weighted by Gasteiger charge is -2.07. The molecular weight excluding hydrogens is 344 g/mol. The van der Waals surface area contributed by atoms with Crippen molar-refractivity contribution in [1.29, 1.82) is 0 Å². The molecule has 2 aromatic heterocycles. The molecule has 0 radical (unpaired) electrons. The Bertz CT molecular complexity index is 993. The molecule has 0 fully saturated rings. The van der Waals surface area contributed by atoms with Gasteiger partial charge < -0.3 is 4.74 Å². The van der Waals surface area contributed by atoms with Crippen molar-refractivity contribution in [3.63, 3.8) is 0 Å². The number of H-pyrrole nitrogens is 1. The largest absolute Gasteiger partial charge is 0.458 e. The molecular formula is C13H9ClN4O4S. The molecule has 0 aliphatic carbocycles. The molecule has 0 atom stereocenters. The first kappa shape index (κ1) is 15.4. The second-order valence-corrected chi connectivity index (χ2v) is 5.89. The number of esters is 1. The van der Waals surface area contributed by atoms with Gasteiger partial charge in [-0.1, -0.05) is 28.2 Å². The van der Waals surface area contributed by atoms with Gasteiger partial charge in [0.15, 0.2) is 0 Å². The van der Waals surface area contributed by atoms with E-state index in [-0.39, 0.29) is 17.4 Å². The Balaban J connectivity index is 1.80. The molecule has 23 heavy (non-hydrogen) atoms. The quantitative estimate of drug-likeness (QED) is 0.700. The molecule has 3 rings (SSSR count). The van der Waals surface area contributed by atoms with Crippen molar-refractivity contribution in [3.8, 4) is 0 Å². The fourth-order valence-electron chi connectivity index (χ4n) is 1.96. The molecule has 2 heterocycles. The number of halogens is 1. The Morgan fingerprint density at radius 3 is 2.74 bits per heavy atom. The number of hydrogen-bond acceptors (Lipinski definition) is 7. The van der Waals surface area contributed by atoms with Crippen molar-refractivity contribution >= 4 is 39.9 Å². The number of benzene rings is 1. The highest BCUT2D eigenvalue weighted by atomic mass is 35.5.